The molecule has 0 aromatic carbocycles. The number of fused-ring (bicyclic) bond motifs is 1. The molecule has 0 aliphatic heterocycles. The van der Waals surface area contributed by atoms with Gasteiger partial charge in [0.15, 0.2) is 11.2 Å². The Morgan fingerprint density at radius 1 is 1.11 bits per heavy atom. The second kappa shape index (κ2) is 10.2. The first-order valence-corrected chi connectivity index (χ1v) is 11.8. The van der Waals surface area contributed by atoms with E-state index in [4.69, 9.17) is 9.47 Å². The number of alkyl carbamates (subject to hydrolysis) is 1. The number of nitrogens with one attached hydrogen (secondary N) is 3. The van der Waals surface area contributed by atoms with Gasteiger partial charge in [-0.25, -0.2) is 14.6 Å². The lowest BCUT2D eigenvalue weighted by Gasteiger charge is -2.37. The Labute approximate surface area is 208 Å². The Balaban J connectivity index is 1.92. The van der Waals surface area contributed by atoms with E-state index in [9.17, 15) is 24.3 Å². The van der Waals surface area contributed by atoms with Crippen molar-refractivity contribution in [1.82, 2.24) is 24.8 Å². The highest BCUT2D eigenvalue weighted by atomic mass is 16.6. The normalized spacial score (nSPS) is 20.6. The number of nitrogens with zero attached hydrogens (tertiary/aromatic N) is 3. The minimum Gasteiger partial charge on any atom is -0.481 e. The molecule has 198 valence electrons. The lowest BCUT2D eigenvalue weighted by atomic mass is 9.80. The minimum absolute atomic E-state index is 0.0221. The zero-order chi connectivity index (χ0) is 26.8. The Morgan fingerprint density at radius 2 is 1.75 bits per heavy atom. The maximum atomic E-state index is 12.6. The van der Waals surface area contributed by atoms with Crippen molar-refractivity contribution in [1.29, 1.82) is 0 Å². The molecule has 2 heterocycles. The van der Waals surface area contributed by atoms with Gasteiger partial charge in [-0.05, 0) is 66.7 Å². The van der Waals surface area contributed by atoms with E-state index < -0.39 is 41.0 Å². The Hall–Kier alpha value is -3.64. The molecule has 0 spiro atoms. The van der Waals surface area contributed by atoms with Crippen LogP contribution in [0.2, 0.25) is 0 Å². The van der Waals surface area contributed by atoms with Crippen LogP contribution in [0.25, 0.3) is 11.2 Å². The van der Waals surface area contributed by atoms with E-state index in [0.717, 1.165) is 0 Å². The van der Waals surface area contributed by atoms with Crippen molar-refractivity contribution >= 4 is 35.3 Å². The van der Waals surface area contributed by atoms with Crippen LogP contribution in [-0.4, -0.2) is 60.0 Å². The summed E-state index contributed by atoms with van der Waals surface area (Å²) in [5, 5.41) is 14.5. The van der Waals surface area contributed by atoms with Crippen LogP contribution in [0, 0.1) is 5.92 Å². The third-order valence-corrected chi connectivity index (χ3v) is 5.50. The van der Waals surface area contributed by atoms with Gasteiger partial charge in [-0.15, -0.1) is 0 Å². The van der Waals surface area contributed by atoms with Gasteiger partial charge < -0.3 is 24.5 Å². The van der Waals surface area contributed by atoms with Crippen LogP contribution in [0.1, 0.15) is 73.3 Å². The van der Waals surface area contributed by atoms with Gasteiger partial charge in [0.1, 0.15) is 11.2 Å². The highest BCUT2D eigenvalue weighted by Gasteiger charge is 2.36. The van der Waals surface area contributed by atoms with E-state index >= 15 is 0 Å². The molecule has 1 saturated carbocycles. The molecule has 2 aromatic rings. The standard InChI is InChI=1S/C23H34N6O7/c1-22(2,3)35-20(33)25-13-9-12(10-15(30)31)7-8-14(13)29-11-24-16-17(29)26-19(27-18(16)32)28-21(34)36-23(4,5)6/h11-14H,7-10H2,1-6H3,(H,25,33)(H,30,31)(H2,26,27,28,32,34)/t12-,13-,14-/m1/s1. The predicted molar refractivity (Wildman–Crippen MR) is 130 cm³/mol. The van der Waals surface area contributed by atoms with Gasteiger partial charge in [-0.3, -0.25) is 19.9 Å². The number of hydrogen-bond donors (Lipinski definition) is 4. The number of rotatable bonds is 5. The Bertz CT molecular complexity index is 1190. The van der Waals surface area contributed by atoms with Gasteiger partial charge in [0.25, 0.3) is 5.56 Å². The number of imidazole rings is 1. The van der Waals surface area contributed by atoms with E-state index in [1.807, 2.05) is 0 Å². The summed E-state index contributed by atoms with van der Waals surface area (Å²) in [5.74, 6) is -1.16. The molecular weight excluding hydrogens is 472 g/mol. The fourth-order valence-electron chi connectivity index (χ4n) is 4.25. The fourth-order valence-corrected chi connectivity index (χ4v) is 4.25. The molecule has 0 radical (unpaired) electrons. The van der Waals surface area contributed by atoms with Crippen LogP contribution >= 0.6 is 0 Å². The van der Waals surface area contributed by atoms with E-state index in [0.29, 0.717) is 19.3 Å². The van der Waals surface area contributed by atoms with Crippen molar-refractivity contribution < 1.29 is 29.0 Å². The first kappa shape index (κ1) is 27.0. The quantitative estimate of drug-likeness (QED) is 0.474. The molecule has 0 unspecified atom stereocenters. The second-order valence-electron chi connectivity index (χ2n) is 11.0. The summed E-state index contributed by atoms with van der Waals surface area (Å²) in [6.45, 7) is 10.4. The van der Waals surface area contributed by atoms with Crippen LogP contribution in [0.3, 0.4) is 0 Å². The number of hydrogen-bond acceptors (Lipinski definition) is 8. The maximum absolute atomic E-state index is 12.6. The topological polar surface area (TPSA) is 178 Å². The number of aromatic nitrogens is 4. The first-order chi connectivity index (χ1) is 16.6. The van der Waals surface area contributed by atoms with Crippen molar-refractivity contribution in [3.8, 4) is 0 Å². The number of amides is 2. The van der Waals surface area contributed by atoms with Crippen LogP contribution in [0.15, 0.2) is 11.1 Å². The number of carbonyl (C=O) groups excluding carboxylic acids is 2. The van der Waals surface area contributed by atoms with E-state index in [1.54, 1.807) is 46.1 Å². The molecule has 3 rings (SSSR count). The van der Waals surface area contributed by atoms with Gasteiger partial charge in [-0.1, -0.05) is 0 Å². The molecule has 3 atom stereocenters. The number of ether oxygens (including phenoxy) is 2. The molecule has 13 heteroatoms. The van der Waals surface area contributed by atoms with Crippen LogP contribution < -0.4 is 16.2 Å². The molecule has 2 amide bonds. The Morgan fingerprint density at radius 3 is 2.36 bits per heavy atom. The summed E-state index contributed by atoms with van der Waals surface area (Å²) in [6, 6.07) is -0.880. The third-order valence-electron chi connectivity index (χ3n) is 5.50. The molecule has 36 heavy (non-hydrogen) atoms. The maximum Gasteiger partial charge on any atom is 0.414 e. The molecule has 4 N–H and O–H groups in total. The van der Waals surface area contributed by atoms with Gasteiger partial charge >= 0.3 is 18.2 Å². The summed E-state index contributed by atoms with van der Waals surface area (Å²) in [7, 11) is 0. The van der Waals surface area contributed by atoms with E-state index in [1.165, 1.54) is 6.33 Å². The number of anilines is 1. The third kappa shape index (κ3) is 7.18. The molecule has 0 bridgehead atoms. The number of carbonyl (C=O) groups is 3. The van der Waals surface area contributed by atoms with Crippen LogP contribution in [0.5, 0.6) is 0 Å². The molecule has 13 nitrogen and oxygen atoms in total. The highest BCUT2D eigenvalue weighted by molar-refractivity contribution is 5.84. The molecule has 1 aliphatic rings. The summed E-state index contributed by atoms with van der Waals surface area (Å²) < 4.78 is 12.3. The molecule has 2 aromatic heterocycles. The van der Waals surface area contributed by atoms with E-state index in [-0.39, 0.29) is 35.5 Å². The SMILES string of the molecule is CC(C)(C)OC(=O)Nc1nc2c(ncn2[C@@H]2CC[C@@H](CC(=O)O)C[C@H]2NC(=O)OC(C)(C)C)c(=O)[nH]1. The second-order valence-corrected chi connectivity index (χ2v) is 11.0. The van der Waals surface area contributed by atoms with Gasteiger partial charge in [0.05, 0.1) is 18.4 Å². The number of H-pyrrole nitrogens is 1. The van der Waals surface area contributed by atoms with Crippen molar-refractivity contribution in [2.24, 2.45) is 5.92 Å². The lowest BCUT2D eigenvalue weighted by Crippen LogP contribution is -2.47. The van der Waals surface area contributed by atoms with Crippen molar-refractivity contribution in [2.75, 3.05) is 5.32 Å². The van der Waals surface area contributed by atoms with Crippen molar-refractivity contribution in [3.63, 3.8) is 0 Å². The average Bonchev–Trinajstić information content (AvgIpc) is 3.09. The number of aromatic amines is 1. The Kier molecular flexibility index (Phi) is 7.60. The predicted octanol–water partition coefficient (Wildman–Crippen LogP) is 3.18. The fraction of sp³-hybridized carbons (Fsp3) is 0.652. The molecule has 1 fully saturated rings. The zero-order valence-corrected chi connectivity index (χ0v) is 21.4. The molecule has 0 saturated heterocycles. The van der Waals surface area contributed by atoms with Crippen molar-refractivity contribution in [2.45, 2.75) is 90.5 Å². The average molecular weight is 507 g/mol. The summed E-state index contributed by atoms with van der Waals surface area (Å²) in [6.07, 6.45) is 1.51. The number of carboxylic acids is 1. The summed E-state index contributed by atoms with van der Waals surface area (Å²) in [5.41, 5.74) is -1.74. The van der Waals surface area contributed by atoms with Gasteiger partial charge in [0.2, 0.25) is 5.95 Å². The van der Waals surface area contributed by atoms with Gasteiger partial charge in [-0.2, -0.15) is 4.98 Å². The van der Waals surface area contributed by atoms with Crippen molar-refractivity contribution in [3.05, 3.63) is 16.7 Å². The minimum atomic E-state index is -0.909. The van der Waals surface area contributed by atoms with E-state index in [2.05, 4.69) is 25.6 Å². The highest BCUT2D eigenvalue weighted by Crippen LogP contribution is 2.35. The van der Waals surface area contributed by atoms with Crippen LogP contribution in [-0.2, 0) is 14.3 Å². The van der Waals surface area contributed by atoms with Crippen LogP contribution in [0.4, 0.5) is 15.5 Å². The molecular formula is C23H34N6O7. The zero-order valence-electron chi connectivity index (χ0n) is 21.4. The number of aliphatic carboxylic acids is 1. The summed E-state index contributed by atoms with van der Waals surface area (Å²) >= 11 is 0. The lowest BCUT2D eigenvalue weighted by molar-refractivity contribution is -0.138. The van der Waals surface area contributed by atoms with Gasteiger partial charge in [0, 0.05) is 6.42 Å². The summed E-state index contributed by atoms with van der Waals surface area (Å²) in [4.78, 5) is 59.7. The number of carboxylic acid groups (broad SMARTS) is 1. The first-order valence-electron chi connectivity index (χ1n) is 11.8. The smallest absolute Gasteiger partial charge is 0.414 e. The largest absolute Gasteiger partial charge is 0.481 e. The monoisotopic (exact) mass is 506 g/mol. The molecule has 1 aliphatic carbocycles.